The second-order valence-corrected chi connectivity index (χ2v) is 6.93. The van der Waals surface area contributed by atoms with Gasteiger partial charge in [-0.2, -0.15) is 0 Å². The molecular weight excluding hydrogens is 312 g/mol. The van der Waals surface area contributed by atoms with E-state index in [-0.39, 0.29) is 5.91 Å². The third-order valence-corrected chi connectivity index (χ3v) is 4.96. The summed E-state index contributed by atoms with van der Waals surface area (Å²) in [5, 5.41) is 0. The first-order valence-corrected chi connectivity index (χ1v) is 8.92. The minimum absolute atomic E-state index is 0.210. The van der Waals surface area contributed by atoms with Crippen molar-refractivity contribution >= 4 is 17.0 Å². The molecule has 25 heavy (non-hydrogen) atoms. The van der Waals surface area contributed by atoms with Crippen LogP contribution in [-0.2, 0) is 11.2 Å². The van der Waals surface area contributed by atoms with Gasteiger partial charge in [-0.05, 0) is 48.6 Å². The van der Waals surface area contributed by atoms with Gasteiger partial charge in [0.15, 0.2) is 5.58 Å². The summed E-state index contributed by atoms with van der Waals surface area (Å²) in [6.45, 7) is 4.02. The van der Waals surface area contributed by atoms with Crippen LogP contribution in [0.3, 0.4) is 0 Å². The molecule has 1 aromatic heterocycles. The fourth-order valence-electron chi connectivity index (χ4n) is 3.35. The molecule has 2 heterocycles. The normalized spacial score (nSPS) is 15.6. The van der Waals surface area contributed by atoms with Crippen LogP contribution in [0.25, 0.3) is 22.6 Å². The zero-order valence-electron chi connectivity index (χ0n) is 14.4. The first-order chi connectivity index (χ1) is 12.2. The third-order valence-electron chi connectivity index (χ3n) is 4.96. The van der Waals surface area contributed by atoms with E-state index >= 15 is 0 Å². The van der Waals surface area contributed by atoms with Crippen LogP contribution in [0.2, 0.25) is 0 Å². The lowest BCUT2D eigenvalue weighted by molar-refractivity contribution is -0.131. The molecule has 3 aromatic rings. The molecule has 1 fully saturated rings. The van der Waals surface area contributed by atoms with Gasteiger partial charge in [-0.3, -0.25) is 4.79 Å². The molecule has 0 radical (unpaired) electrons. The lowest BCUT2D eigenvalue weighted by Gasteiger charge is -2.30. The summed E-state index contributed by atoms with van der Waals surface area (Å²) in [5.74, 6) is 1.54. The van der Waals surface area contributed by atoms with Crippen LogP contribution in [0.4, 0.5) is 0 Å². The Bertz CT molecular complexity index is 859. The number of aromatic nitrogens is 1. The maximum atomic E-state index is 12.5. The largest absolute Gasteiger partial charge is 0.436 e. The molecule has 0 saturated carbocycles. The SMILES string of the molecule is CC1CCN(C(=O)Cc2cccc(-c3nc4ccccc4o3)c2)CC1. The molecule has 4 rings (SSSR count). The number of piperidine rings is 1. The Morgan fingerprint density at radius 3 is 2.76 bits per heavy atom. The molecule has 0 spiro atoms. The Labute approximate surface area is 147 Å². The first kappa shape index (κ1) is 15.9. The maximum Gasteiger partial charge on any atom is 0.227 e. The average molecular weight is 334 g/mol. The molecule has 4 nitrogen and oxygen atoms in total. The molecule has 0 atom stereocenters. The molecule has 0 bridgehead atoms. The number of amides is 1. The van der Waals surface area contributed by atoms with Crippen LogP contribution < -0.4 is 0 Å². The molecule has 128 valence electrons. The topological polar surface area (TPSA) is 46.3 Å². The maximum absolute atomic E-state index is 12.5. The van der Waals surface area contributed by atoms with Crippen molar-refractivity contribution in [2.45, 2.75) is 26.2 Å². The highest BCUT2D eigenvalue weighted by Crippen LogP contribution is 2.25. The number of hydrogen-bond acceptors (Lipinski definition) is 3. The number of likely N-dealkylation sites (tertiary alicyclic amines) is 1. The zero-order chi connectivity index (χ0) is 17.2. The van der Waals surface area contributed by atoms with E-state index in [1.54, 1.807) is 0 Å². The summed E-state index contributed by atoms with van der Waals surface area (Å²) in [5.41, 5.74) is 3.54. The fourth-order valence-corrected chi connectivity index (χ4v) is 3.35. The number of carbonyl (C=O) groups excluding carboxylic acids is 1. The van der Waals surface area contributed by atoms with Crippen LogP contribution in [0.15, 0.2) is 52.9 Å². The molecule has 2 aromatic carbocycles. The Kier molecular flexibility index (Phi) is 4.26. The van der Waals surface area contributed by atoms with Gasteiger partial charge in [0, 0.05) is 18.7 Å². The molecule has 1 amide bonds. The minimum Gasteiger partial charge on any atom is -0.436 e. The second-order valence-electron chi connectivity index (χ2n) is 6.93. The summed E-state index contributed by atoms with van der Waals surface area (Å²) in [7, 11) is 0. The van der Waals surface area contributed by atoms with Gasteiger partial charge in [-0.25, -0.2) is 4.98 Å². The van der Waals surface area contributed by atoms with Crippen molar-refractivity contribution in [1.29, 1.82) is 0 Å². The summed E-state index contributed by atoms with van der Waals surface area (Å²) >= 11 is 0. The number of hydrogen-bond donors (Lipinski definition) is 0. The van der Waals surface area contributed by atoms with E-state index < -0.39 is 0 Å². The molecule has 0 N–H and O–H groups in total. The first-order valence-electron chi connectivity index (χ1n) is 8.92. The van der Waals surface area contributed by atoms with Crippen molar-refractivity contribution in [2.75, 3.05) is 13.1 Å². The van der Waals surface area contributed by atoms with Crippen LogP contribution >= 0.6 is 0 Å². The monoisotopic (exact) mass is 334 g/mol. The highest BCUT2D eigenvalue weighted by atomic mass is 16.3. The van der Waals surface area contributed by atoms with Gasteiger partial charge >= 0.3 is 0 Å². The van der Waals surface area contributed by atoms with Crippen molar-refractivity contribution in [3.63, 3.8) is 0 Å². The van der Waals surface area contributed by atoms with E-state index in [0.29, 0.717) is 12.3 Å². The highest BCUT2D eigenvalue weighted by molar-refractivity contribution is 5.80. The number of benzene rings is 2. The van der Waals surface area contributed by atoms with E-state index in [9.17, 15) is 4.79 Å². The average Bonchev–Trinajstić information content (AvgIpc) is 3.07. The number of carbonyl (C=O) groups is 1. The molecule has 0 unspecified atom stereocenters. The van der Waals surface area contributed by atoms with Gasteiger partial charge in [-0.1, -0.05) is 31.2 Å². The minimum atomic E-state index is 0.210. The van der Waals surface area contributed by atoms with Gasteiger partial charge < -0.3 is 9.32 Å². The quantitative estimate of drug-likeness (QED) is 0.717. The summed E-state index contributed by atoms with van der Waals surface area (Å²) in [6.07, 6.45) is 2.64. The number of para-hydroxylation sites is 2. The van der Waals surface area contributed by atoms with Crippen molar-refractivity contribution in [3.8, 4) is 11.5 Å². The molecule has 1 saturated heterocycles. The van der Waals surface area contributed by atoms with Gasteiger partial charge in [0.1, 0.15) is 5.52 Å². The zero-order valence-corrected chi connectivity index (χ0v) is 14.4. The lowest BCUT2D eigenvalue weighted by Crippen LogP contribution is -2.38. The third kappa shape index (κ3) is 3.43. The van der Waals surface area contributed by atoms with Gasteiger partial charge in [0.25, 0.3) is 0 Å². The Morgan fingerprint density at radius 2 is 1.96 bits per heavy atom. The number of oxazole rings is 1. The number of fused-ring (bicyclic) bond motifs is 1. The van der Waals surface area contributed by atoms with Crippen LogP contribution in [0.1, 0.15) is 25.3 Å². The van der Waals surface area contributed by atoms with E-state index in [0.717, 1.165) is 54.1 Å². The number of nitrogens with zero attached hydrogens (tertiary/aromatic N) is 2. The highest BCUT2D eigenvalue weighted by Gasteiger charge is 2.20. The summed E-state index contributed by atoms with van der Waals surface area (Å²) in [4.78, 5) is 19.1. The van der Waals surface area contributed by atoms with Gasteiger partial charge in [-0.15, -0.1) is 0 Å². The van der Waals surface area contributed by atoms with Crippen molar-refractivity contribution in [3.05, 3.63) is 54.1 Å². The predicted molar refractivity (Wildman–Crippen MR) is 98.1 cm³/mol. The molecule has 1 aliphatic heterocycles. The number of rotatable bonds is 3. The summed E-state index contributed by atoms with van der Waals surface area (Å²) in [6, 6.07) is 15.7. The van der Waals surface area contributed by atoms with Crippen molar-refractivity contribution < 1.29 is 9.21 Å². The Hall–Kier alpha value is -2.62. The smallest absolute Gasteiger partial charge is 0.227 e. The van der Waals surface area contributed by atoms with E-state index in [1.807, 2.05) is 53.4 Å². The van der Waals surface area contributed by atoms with Crippen molar-refractivity contribution in [2.24, 2.45) is 5.92 Å². The lowest BCUT2D eigenvalue weighted by atomic mass is 9.98. The van der Waals surface area contributed by atoms with Gasteiger partial charge in [0.2, 0.25) is 11.8 Å². The van der Waals surface area contributed by atoms with Crippen LogP contribution in [0, 0.1) is 5.92 Å². The molecule has 1 aliphatic rings. The fraction of sp³-hybridized carbons (Fsp3) is 0.333. The Morgan fingerprint density at radius 1 is 1.16 bits per heavy atom. The van der Waals surface area contributed by atoms with Crippen LogP contribution in [-0.4, -0.2) is 28.9 Å². The van der Waals surface area contributed by atoms with E-state index in [2.05, 4.69) is 11.9 Å². The summed E-state index contributed by atoms with van der Waals surface area (Å²) < 4.78 is 5.84. The molecule has 4 heteroatoms. The standard InChI is InChI=1S/C21H22N2O2/c1-15-9-11-23(12-10-15)20(24)14-16-5-4-6-17(13-16)21-22-18-7-2-3-8-19(18)25-21/h2-8,13,15H,9-12,14H2,1H3. The van der Waals surface area contributed by atoms with E-state index in [4.69, 9.17) is 4.42 Å². The second kappa shape index (κ2) is 6.71. The molecular formula is C21H22N2O2. The van der Waals surface area contributed by atoms with Crippen molar-refractivity contribution in [1.82, 2.24) is 9.88 Å². The molecule has 0 aliphatic carbocycles. The van der Waals surface area contributed by atoms with E-state index in [1.165, 1.54) is 0 Å². The van der Waals surface area contributed by atoms with Crippen LogP contribution in [0.5, 0.6) is 0 Å². The Balaban J connectivity index is 1.52. The predicted octanol–water partition coefficient (Wildman–Crippen LogP) is 4.30. The van der Waals surface area contributed by atoms with Gasteiger partial charge in [0.05, 0.1) is 6.42 Å².